The van der Waals surface area contributed by atoms with E-state index in [1.54, 1.807) is 18.4 Å². The second-order valence-corrected chi connectivity index (χ2v) is 10.4. The largest absolute Gasteiger partial charge is 0.490 e. The zero-order valence-corrected chi connectivity index (χ0v) is 22.3. The molecule has 2 aromatic carbocycles. The van der Waals surface area contributed by atoms with E-state index in [2.05, 4.69) is 38.2 Å². The molecule has 0 saturated carbocycles. The molecule has 2 heterocycles. The Balaban J connectivity index is 1.77. The highest BCUT2D eigenvalue weighted by molar-refractivity contribution is 9.10. The quantitative estimate of drug-likeness (QED) is 0.216. The number of rotatable bonds is 6. The van der Waals surface area contributed by atoms with Crippen LogP contribution in [0.25, 0.3) is 16.6 Å². The van der Waals surface area contributed by atoms with Gasteiger partial charge in [0.2, 0.25) is 0 Å². The molecule has 6 nitrogen and oxygen atoms in total. The molecule has 0 aliphatic rings. The number of halogens is 1. The first-order chi connectivity index (χ1) is 16.6. The van der Waals surface area contributed by atoms with E-state index in [4.69, 9.17) is 9.72 Å². The van der Waals surface area contributed by atoms with Crippen molar-refractivity contribution in [2.75, 3.05) is 6.61 Å². The summed E-state index contributed by atoms with van der Waals surface area (Å²) in [5.41, 5.74) is 4.13. The predicted octanol–water partition coefficient (Wildman–Crippen LogP) is 6.31. The SMILES string of the molecule is C=CCOc1ccc(-n2c(C)cc(C=Nn3c(C(C)(C)C)nc4ccc(Br)cc4c3=O)c2C)cc1. The fraction of sp³-hybridized carbons (Fsp3) is 0.250. The van der Waals surface area contributed by atoms with E-state index < -0.39 is 0 Å². The van der Waals surface area contributed by atoms with Crippen LogP contribution in [0.2, 0.25) is 0 Å². The summed E-state index contributed by atoms with van der Waals surface area (Å²) in [5, 5.41) is 5.16. The van der Waals surface area contributed by atoms with E-state index in [9.17, 15) is 4.79 Å². The van der Waals surface area contributed by atoms with Crippen LogP contribution in [0.5, 0.6) is 5.75 Å². The predicted molar refractivity (Wildman–Crippen MR) is 146 cm³/mol. The van der Waals surface area contributed by atoms with Crippen molar-refractivity contribution in [1.82, 2.24) is 14.2 Å². The van der Waals surface area contributed by atoms with Crippen LogP contribution in [0.15, 0.2) is 75.6 Å². The number of fused-ring (bicyclic) bond motifs is 1. The zero-order valence-electron chi connectivity index (χ0n) is 20.7. The van der Waals surface area contributed by atoms with Crippen molar-refractivity contribution in [2.45, 2.75) is 40.0 Å². The van der Waals surface area contributed by atoms with Gasteiger partial charge in [-0.3, -0.25) is 4.79 Å². The molecule has 0 aliphatic carbocycles. The van der Waals surface area contributed by atoms with Crippen LogP contribution in [0.4, 0.5) is 0 Å². The maximum Gasteiger partial charge on any atom is 0.282 e. The molecule has 4 aromatic rings. The van der Waals surface area contributed by atoms with Gasteiger partial charge in [0, 0.05) is 32.5 Å². The molecule has 0 aliphatic heterocycles. The summed E-state index contributed by atoms with van der Waals surface area (Å²) < 4.78 is 10.0. The third-order valence-electron chi connectivity index (χ3n) is 5.72. The Morgan fingerprint density at radius 3 is 2.49 bits per heavy atom. The molecule has 0 amide bonds. The number of hydrogen-bond acceptors (Lipinski definition) is 4. The first kappa shape index (κ1) is 24.7. The van der Waals surface area contributed by atoms with E-state index in [0.29, 0.717) is 23.3 Å². The van der Waals surface area contributed by atoms with Gasteiger partial charge < -0.3 is 9.30 Å². The Morgan fingerprint density at radius 2 is 1.83 bits per heavy atom. The summed E-state index contributed by atoms with van der Waals surface area (Å²) in [6.07, 6.45) is 3.46. The summed E-state index contributed by atoms with van der Waals surface area (Å²) in [7, 11) is 0. The number of nitrogens with zero attached hydrogens (tertiary/aromatic N) is 4. The van der Waals surface area contributed by atoms with Crippen LogP contribution >= 0.6 is 15.9 Å². The van der Waals surface area contributed by atoms with Gasteiger partial charge in [-0.2, -0.15) is 9.78 Å². The first-order valence-electron chi connectivity index (χ1n) is 11.4. The Bertz CT molecular complexity index is 1490. The molecule has 35 heavy (non-hydrogen) atoms. The molecule has 2 aromatic heterocycles. The molecular weight excluding hydrogens is 504 g/mol. The van der Waals surface area contributed by atoms with Crippen LogP contribution in [-0.2, 0) is 5.41 Å². The van der Waals surface area contributed by atoms with Crippen molar-refractivity contribution in [3.05, 3.63) is 98.8 Å². The lowest BCUT2D eigenvalue weighted by molar-refractivity contribution is 0.363. The highest BCUT2D eigenvalue weighted by Gasteiger charge is 2.23. The van der Waals surface area contributed by atoms with Crippen molar-refractivity contribution in [3.63, 3.8) is 0 Å². The molecule has 0 bridgehead atoms. The van der Waals surface area contributed by atoms with Crippen molar-refractivity contribution in [1.29, 1.82) is 0 Å². The maximum atomic E-state index is 13.4. The van der Waals surface area contributed by atoms with E-state index in [1.165, 1.54) is 4.68 Å². The molecule has 0 N–H and O–H groups in total. The lowest BCUT2D eigenvalue weighted by Crippen LogP contribution is -2.29. The number of hydrogen-bond donors (Lipinski definition) is 0. The normalized spacial score (nSPS) is 11.9. The molecule has 0 radical (unpaired) electrons. The average molecular weight is 533 g/mol. The summed E-state index contributed by atoms with van der Waals surface area (Å²) in [6, 6.07) is 15.5. The third kappa shape index (κ3) is 5.00. The number of ether oxygens (including phenoxy) is 1. The van der Waals surface area contributed by atoms with E-state index >= 15 is 0 Å². The minimum Gasteiger partial charge on any atom is -0.490 e. The number of aromatic nitrogens is 3. The van der Waals surface area contributed by atoms with Gasteiger partial charge in [0.25, 0.3) is 5.56 Å². The fourth-order valence-electron chi connectivity index (χ4n) is 4.02. The Hall–Kier alpha value is -3.45. The van der Waals surface area contributed by atoms with Crippen molar-refractivity contribution >= 4 is 33.0 Å². The Labute approximate surface area is 213 Å². The summed E-state index contributed by atoms with van der Waals surface area (Å²) >= 11 is 3.45. The molecular formula is C28H29BrN4O2. The van der Waals surface area contributed by atoms with Gasteiger partial charge >= 0.3 is 0 Å². The summed E-state index contributed by atoms with van der Waals surface area (Å²) in [6.45, 7) is 14.3. The molecule has 0 saturated heterocycles. The zero-order chi connectivity index (χ0) is 25.3. The van der Waals surface area contributed by atoms with Gasteiger partial charge in [-0.05, 0) is 62.4 Å². The van der Waals surface area contributed by atoms with E-state index in [0.717, 1.165) is 32.9 Å². The molecule has 0 fully saturated rings. The molecule has 0 spiro atoms. The lowest BCUT2D eigenvalue weighted by Gasteiger charge is -2.20. The summed E-state index contributed by atoms with van der Waals surface area (Å²) in [5.74, 6) is 1.40. The topological polar surface area (TPSA) is 61.4 Å². The van der Waals surface area contributed by atoms with Gasteiger partial charge in [-0.25, -0.2) is 4.98 Å². The lowest BCUT2D eigenvalue weighted by atomic mass is 9.95. The summed E-state index contributed by atoms with van der Waals surface area (Å²) in [4.78, 5) is 18.2. The minimum absolute atomic E-state index is 0.193. The second kappa shape index (κ2) is 9.66. The van der Waals surface area contributed by atoms with Crippen LogP contribution in [0.1, 0.15) is 43.5 Å². The molecule has 180 valence electrons. The van der Waals surface area contributed by atoms with Gasteiger partial charge in [-0.1, -0.05) is 49.4 Å². The molecule has 7 heteroatoms. The molecule has 0 unspecified atom stereocenters. The fourth-order valence-corrected chi connectivity index (χ4v) is 4.38. The second-order valence-electron chi connectivity index (χ2n) is 9.46. The highest BCUT2D eigenvalue weighted by atomic mass is 79.9. The highest BCUT2D eigenvalue weighted by Crippen LogP contribution is 2.24. The van der Waals surface area contributed by atoms with Crippen LogP contribution in [0, 0.1) is 13.8 Å². The van der Waals surface area contributed by atoms with Gasteiger partial charge in [0.15, 0.2) is 0 Å². The van der Waals surface area contributed by atoms with Crippen molar-refractivity contribution < 1.29 is 4.74 Å². The Morgan fingerprint density at radius 1 is 1.11 bits per heavy atom. The number of benzene rings is 2. The van der Waals surface area contributed by atoms with Gasteiger partial charge in [0.1, 0.15) is 18.2 Å². The standard InChI is InChI=1S/C28H29BrN4O2/c1-7-14-35-23-11-9-22(10-12-23)32-18(2)15-20(19(32)3)17-30-33-26(34)24-16-21(29)8-13-25(24)31-27(33)28(4,5)6/h7-13,15-17H,1,14H2,2-6H3. The van der Waals surface area contributed by atoms with Crippen molar-refractivity contribution in [2.24, 2.45) is 5.10 Å². The molecule has 0 atom stereocenters. The van der Waals surface area contributed by atoms with Gasteiger partial charge in [0.05, 0.1) is 17.1 Å². The minimum atomic E-state index is -0.371. The first-order valence-corrected chi connectivity index (χ1v) is 12.2. The van der Waals surface area contributed by atoms with Crippen LogP contribution in [-0.4, -0.2) is 27.0 Å². The monoisotopic (exact) mass is 532 g/mol. The van der Waals surface area contributed by atoms with E-state index in [-0.39, 0.29) is 11.0 Å². The smallest absolute Gasteiger partial charge is 0.282 e. The average Bonchev–Trinajstić information content (AvgIpc) is 3.10. The van der Waals surface area contributed by atoms with Crippen LogP contribution in [0.3, 0.4) is 0 Å². The van der Waals surface area contributed by atoms with E-state index in [1.807, 2.05) is 71.0 Å². The third-order valence-corrected chi connectivity index (χ3v) is 6.22. The maximum absolute atomic E-state index is 13.4. The molecule has 4 rings (SSSR count). The Kier molecular flexibility index (Phi) is 6.81. The van der Waals surface area contributed by atoms with Gasteiger partial charge in [-0.15, -0.1) is 0 Å². The number of aryl methyl sites for hydroxylation is 1. The van der Waals surface area contributed by atoms with Crippen molar-refractivity contribution in [3.8, 4) is 11.4 Å². The van der Waals surface area contributed by atoms with Crippen LogP contribution < -0.4 is 10.3 Å².